The van der Waals surface area contributed by atoms with Crippen LogP contribution in [0, 0.1) is 23.4 Å². The van der Waals surface area contributed by atoms with E-state index in [0.717, 1.165) is 57.3 Å². The summed E-state index contributed by atoms with van der Waals surface area (Å²) in [4.78, 5) is 0. The van der Waals surface area contributed by atoms with Gasteiger partial charge in [0, 0.05) is 11.6 Å². The fraction of sp³-hybridized carbons (Fsp3) is 0.625. The van der Waals surface area contributed by atoms with Crippen molar-refractivity contribution < 1.29 is 22.6 Å². The first-order valence-electron chi connectivity index (χ1n) is 14.5. The molecule has 0 atom stereocenters. The molecule has 5 heteroatoms. The molecule has 2 aliphatic rings. The molecule has 2 nitrogen and oxygen atoms in total. The van der Waals surface area contributed by atoms with Gasteiger partial charge in [-0.2, -0.15) is 0 Å². The van der Waals surface area contributed by atoms with E-state index in [-0.39, 0.29) is 30.4 Å². The Bertz CT molecular complexity index is 992. The van der Waals surface area contributed by atoms with Crippen LogP contribution in [0.15, 0.2) is 30.3 Å². The predicted molar refractivity (Wildman–Crippen MR) is 143 cm³/mol. The van der Waals surface area contributed by atoms with Gasteiger partial charge in [0.2, 0.25) is 0 Å². The van der Waals surface area contributed by atoms with Gasteiger partial charge in [-0.1, -0.05) is 50.8 Å². The first-order valence-corrected chi connectivity index (χ1v) is 14.5. The van der Waals surface area contributed by atoms with Crippen LogP contribution in [0.25, 0.3) is 0 Å². The first-order chi connectivity index (χ1) is 18.0. The zero-order chi connectivity index (χ0) is 26.2. The maximum atomic E-state index is 15.2. The van der Waals surface area contributed by atoms with Crippen LogP contribution in [0.5, 0.6) is 5.75 Å². The van der Waals surface area contributed by atoms with E-state index >= 15 is 8.78 Å². The molecule has 37 heavy (non-hydrogen) atoms. The van der Waals surface area contributed by atoms with Crippen LogP contribution in [-0.2, 0) is 11.3 Å². The van der Waals surface area contributed by atoms with E-state index in [0.29, 0.717) is 29.0 Å². The highest BCUT2D eigenvalue weighted by Gasteiger charge is 2.30. The van der Waals surface area contributed by atoms with Gasteiger partial charge in [-0.05, 0) is 93.2 Å². The lowest BCUT2D eigenvalue weighted by Crippen LogP contribution is -2.22. The van der Waals surface area contributed by atoms with E-state index in [2.05, 4.69) is 6.92 Å². The van der Waals surface area contributed by atoms with Gasteiger partial charge < -0.3 is 9.47 Å². The second-order valence-electron chi connectivity index (χ2n) is 11.1. The summed E-state index contributed by atoms with van der Waals surface area (Å²) in [6.45, 7) is 4.78. The maximum Gasteiger partial charge on any atom is 0.162 e. The zero-order valence-electron chi connectivity index (χ0n) is 22.5. The Balaban J connectivity index is 1.27. The summed E-state index contributed by atoms with van der Waals surface area (Å²) in [5.41, 5.74) is 1.58. The number of rotatable bonds is 11. The van der Waals surface area contributed by atoms with Crippen LogP contribution in [-0.4, -0.2) is 12.7 Å². The molecule has 2 saturated carbocycles. The van der Waals surface area contributed by atoms with E-state index in [4.69, 9.17) is 9.47 Å². The molecule has 2 fully saturated rings. The highest BCUT2D eigenvalue weighted by atomic mass is 19.2. The Morgan fingerprint density at radius 3 is 1.95 bits per heavy atom. The van der Waals surface area contributed by atoms with Crippen LogP contribution < -0.4 is 4.74 Å². The Kier molecular flexibility index (Phi) is 10.4. The van der Waals surface area contributed by atoms with Crippen molar-refractivity contribution in [3.05, 3.63) is 64.5 Å². The van der Waals surface area contributed by atoms with E-state index < -0.39 is 11.6 Å². The van der Waals surface area contributed by atoms with Crippen molar-refractivity contribution in [1.82, 2.24) is 0 Å². The van der Waals surface area contributed by atoms with Gasteiger partial charge >= 0.3 is 0 Å². The molecule has 0 heterocycles. The molecule has 0 saturated heterocycles. The second-order valence-corrected chi connectivity index (χ2v) is 11.1. The van der Waals surface area contributed by atoms with Crippen molar-refractivity contribution in [2.75, 3.05) is 6.61 Å². The molecule has 0 spiro atoms. The molecule has 4 rings (SSSR count). The van der Waals surface area contributed by atoms with Crippen molar-refractivity contribution in [2.24, 2.45) is 5.92 Å². The van der Waals surface area contributed by atoms with Gasteiger partial charge in [0.1, 0.15) is 11.6 Å². The molecular weight excluding hydrogens is 473 g/mol. The summed E-state index contributed by atoms with van der Waals surface area (Å²) in [5.74, 6) is -0.210. The van der Waals surface area contributed by atoms with Gasteiger partial charge in [-0.3, -0.25) is 0 Å². The minimum Gasteiger partial charge on any atom is -0.494 e. The minimum atomic E-state index is -0.650. The molecule has 2 aliphatic carbocycles. The topological polar surface area (TPSA) is 18.5 Å². The Morgan fingerprint density at radius 2 is 1.38 bits per heavy atom. The number of ether oxygens (including phenoxy) is 2. The fourth-order valence-corrected chi connectivity index (χ4v) is 6.30. The SMILES string of the molecule is CCCCCC1CCC(c2ccc(C3CCC(OCc4ccc(OCC)cc4F)CC3)c(F)c2F)CC1. The highest BCUT2D eigenvalue weighted by Crippen LogP contribution is 2.41. The van der Waals surface area contributed by atoms with Crippen molar-refractivity contribution in [2.45, 2.75) is 115 Å². The summed E-state index contributed by atoms with van der Waals surface area (Å²) < 4.78 is 56.0. The van der Waals surface area contributed by atoms with Crippen molar-refractivity contribution >= 4 is 0 Å². The molecule has 0 radical (unpaired) electrons. The Morgan fingerprint density at radius 1 is 0.757 bits per heavy atom. The molecule has 0 aliphatic heterocycles. The largest absolute Gasteiger partial charge is 0.494 e. The van der Waals surface area contributed by atoms with E-state index in [9.17, 15) is 4.39 Å². The Labute approximate surface area is 220 Å². The molecule has 2 aromatic rings. The van der Waals surface area contributed by atoms with E-state index in [1.54, 1.807) is 12.1 Å². The van der Waals surface area contributed by atoms with E-state index in [1.807, 2.05) is 19.1 Å². The van der Waals surface area contributed by atoms with Crippen LogP contribution >= 0.6 is 0 Å². The highest BCUT2D eigenvalue weighted by molar-refractivity contribution is 5.32. The minimum absolute atomic E-state index is 0.0000795. The van der Waals surface area contributed by atoms with Gasteiger partial charge in [0.15, 0.2) is 11.6 Å². The molecule has 0 aromatic heterocycles. The predicted octanol–water partition coefficient (Wildman–Crippen LogP) is 9.60. The number of halogens is 3. The van der Waals surface area contributed by atoms with Crippen LogP contribution in [0.3, 0.4) is 0 Å². The maximum absolute atomic E-state index is 15.2. The number of benzene rings is 2. The van der Waals surface area contributed by atoms with Crippen LogP contribution in [0.2, 0.25) is 0 Å². The van der Waals surface area contributed by atoms with Gasteiger partial charge in [0.05, 0.1) is 19.3 Å². The number of unbranched alkanes of at least 4 members (excludes halogenated alkanes) is 2. The van der Waals surface area contributed by atoms with Crippen molar-refractivity contribution in [3.8, 4) is 5.75 Å². The van der Waals surface area contributed by atoms with E-state index in [1.165, 1.54) is 31.7 Å². The third-order valence-corrected chi connectivity index (χ3v) is 8.57. The summed E-state index contributed by atoms with van der Waals surface area (Å²) in [5, 5.41) is 0. The monoisotopic (exact) mass is 516 g/mol. The van der Waals surface area contributed by atoms with Gasteiger partial charge in [0.25, 0.3) is 0 Å². The molecule has 0 unspecified atom stereocenters. The number of hydrogen-bond acceptors (Lipinski definition) is 2. The van der Waals surface area contributed by atoms with Crippen LogP contribution in [0.4, 0.5) is 13.2 Å². The van der Waals surface area contributed by atoms with Crippen molar-refractivity contribution in [1.29, 1.82) is 0 Å². The van der Waals surface area contributed by atoms with Gasteiger partial charge in [-0.15, -0.1) is 0 Å². The standard InChI is InChI=1S/C32H43F3O2/c1-3-5-6-7-22-8-10-23(11-9-22)28-18-19-29(32(35)31(28)34)24-12-15-26(16-13-24)37-21-25-14-17-27(36-4-2)20-30(25)33/h14,17-20,22-24,26H,3-13,15-16,21H2,1-2H3. The lowest BCUT2D eigenvalue weighted by molar-refractivity contribution is 0.0118. The average molecular weight is 517 g/mol. The summed E-state index contributed by atoms with van der Waals surface area (Å²) in [7, 11) is 0. The molecule has 0 N–H and O–H groups in total. The molecule has 0 amide bonds. The third-order valence-electron chi connectivity index (χ3n) is 8.57. The normalized spacial score (nSPS) is 24.2. The smallest absolute Gasteiger partial charge is 0.162 e. The molecular formula is C32H43F3O2. The third kappa shape index (κ3) is 7.31. The van der Waals surface area contributed by atoms with Crippen molar-refractivity contribution in [3.63, 3.8) is 0 Å². The lowest BCUT2D eigenvalue weighted by atomic mass is 9.76. The zero-order valence-corrected chi connectivity index (χ0v) is 22.5. The average Bonchev–Trinajstić information content (AvgIpc) is 2.91. The first kappa shape index (κ1) is 28.0. The molecule has 0 bridgehead atoms. The summed E-state index contributed by atoms with van der Waals surface area (Å²) >= 11 is 0. The molecule has 2 aromatic carbocycles. The Hall–Kier alpha value is -2.01. The van der Waals surface area contributed by atoms with Crippen LogP contribution in [0.1, 0.15) is 119 Å². The van der Waals surface area contributed by atoms with Gasteiger partial charge in [-0.25, -0.2) is 13.2 Å². The quantitative estimate of drug-likeness (QED) is 0.277. The fourth-order valence-electron chi connectivity index (χ4n) is 6.30. The number of hydrogen-bond donors (Lipinski definition) is 0. The summed E-state index contributed by atoms with van der Waals surface area (Å²) in [6, 6.07) is 8.53. The molecule has 204 valence electrons. The lowest BCUT2D eigenvalue weighted by Gasteiger charge is -2.31. The summed E-state index contributed by atoms with van der Waals surface area (Å²) in [6.07, 6.45) is 12.3. The second kappa shape index (κ2) is 13.7.